The molecule has 0 radical (unpaired) electrons. The van der Waals surface area contributed by atoms with Crippen LogP contribution in [0, 0.1) is 0 Å². The van der Waals surface area contributed by atoms with Crippen molar-refractivity contribution in [2.75, 3.05) is 10.6 Å². The third-order valence-electron chi connectivity index (χ3n) is 4.49. The van der Waals surface area contributed by atoms with Gasteiger partial charge in [-0.15, -0.1) is 0 Å². The van der Waals surface area contributed by atoms with Crippen molar-refractivity contribution in [1.82, 2.24) is 0 Å². The molecule has 1 aliphatic rings. The van der Waals surface area contributed by atoms with E-state index in [-0.39, 0.29) is 28.7 Å². The van der Waals surface area contributed by atoms with Crippen LogP contribution in [0.2, 0.25) is 0 Å². The van der Waals surface area contributed by atoms with E-state index in [1.165, 1.54) is 18.2 Å². The highest BCUT2D eigenvalue weighted by atomic mass is 16.3. The predicted octanol–water partition coefficient (Wildman–Crippen LogP) is 4.45. The van der Waals surface area contributed by atoms with Crippen LogP contribution in [-0.4, -0.2) is 26.8 Å². The summed E-state index contributed by atoms with van der Waals surface area (Å²) in [6.07, 6.45) is 3.07. The number of rotatable bonds is 5. The van der Waals surface area contributed by atoms with Gasteiger partial charge in [0.15, 0.2) is 0 Å². The zero-order valence-electron chi connectivity index (χ0n) is 16.3. The van der Waals surface area contributed by atoms with Gasteiger partial charge in [0.1, 0.15) is 23.0 Å². The molecule has 0 atom stereocenters. The summed E-state index contributed by atoms with van der Waals surface area (Å²) in [6.45, 7) is 0. The van der Waals surface area contributed by atoms with Gasteiger partial charge >= 0.3 is 0 Å². The number of nitrogens with one attached hydrogen (secondary N) is 2. The standard InChI is InChI=1S/C24H19N3O4/c28-18-7-1-15(2-8-18)25-21-13-23(27-17-5-11-20(30)12-6-17)24(31)14-22(21)26-16-3-9-19(29)10-4-16/h1-14,25-26,28-30H/b27-23+. The fourth-order valence-corrected chi connectivity index (χ4v) is 2.93. The second-order valence-electron chi connectivity index (χ2n) is 6.84. The van der Waals surface area contributed by atoms with Crippen LogP contribution in [0.25, 0.3) is 0 Å². The second kappa shape index (κ2) is 8.46. The molecule has 0 unspecified atom stereocenters. The molecule has 0 amide bonds. The Morgan fingerprint density at radius 2 is 1.00 bits per heavy atom. The Kier molecular flexibility index (Phi) is 5.40. The number of hydrogen-bond donors (Lipinski definition) is 5. The first-order valence-corrected chi connectivity index (χ1v) is 9.44. The summed E-state index contributed by atoms with van der Waals surface area (Å²) in [5.41, 5.74) is 3.27. The molecule has 154 valence electrons. The average molecular weight is 413 g/mol. The number of phenols is 3. The van der Waals surface area contributed by atoms with Crippen molar-refractivity contribution in [1.29, 1.82) is 0 Å². The van der Waals surface area contributed by atoms with Crippen molar-refractivity contribution < 1.29 is 20.1 Å². The molecule has 3 aromatic carbocycles. The number of phenolic OH excluding ortho intramolecular Hbond substituents is 3. The summed E-state index contributed by atoms with van der Waals surface area (Å²) in [5, 5.41) is 34.9. The van der Waals surface area contributed by atoms with E-state index in [0.717, 1.165) is 0 Å². The van der Waals surface area contributed by atoms with Crippen molar-refractivity contribution in [3.63, 3.8) is 0 Å². The molecule has 4 rings (SSSR count). The molecule has 3 aromatic rings. The van der Waals surface area contributed by atoms with E-state index >= 15 is 0 Å². The predicted molar refractivity (Wildman–Crippen MR) is 120 cm³/mol. The number of aromatic hydroxyl groups is 3. The maximum atomic E-state index is 12.7. The lowest BCUT2D eigenvalue weighted by atomic mass is 10.0. The van der Waals surface area contributed by atoms with Gasteiger partial charge in [0.25, 0.3) is 0 Å². The number of benzene rings is 3. The Bertz CT molecular complexity index is 1190. The summed E-state index contributed by atoms with van der Waals surface area (Å²) in [6, 6.07) is 19.2. The van der Waals surface area contributed by atoms with E-state index < -0.39 is 0 Å². The zero-order chi connectivity index (χ0) is 21.8. The summed E-state index contributed by atoms with van der Waals surface area (Å²) >= 11 is 0. The number of allylic oxidation sites excluding steroid dienone is 2. The van der Waals surface area contributed by atoms with Crippen LogP contribution in [0.5, 0.6) is 17.2 Å². The van der Waals surface area contributed by atoms with Crippen molar-refractivity contribution in [2.24, 2.45) is 4.99 Å². The monoisotopic (exact) mass is 413 g/mol. The highest BCUT2D eigenvalue weighted by molar-refractivity contribution is 6.49. The van der Waals surface area contributed by atoms with Crippen LogP contribution in [0.1, 0.15) is 0 Å². The minimum absolute atomic E-state index is 0.115. The Labute approximate surface area is 178 Å². The quantitative estimate of drug-likeness (QED) is 0.312. The fraction of sp³-hybridized carbons (Fsp3) is 0. The molecule has 7 nitrogen and oxygen atoms in total. The van der Waals surface area contributed by atoms with Crippen molar-refractivity contribution >= 4 is 28.6 Å². The molecule has 0 saturated heterocycles. The lowest BCUT2D eigenvalue weighted by molar-refractivity contribution is -0.108. The molecular weight excluding hydrogens is 394 g/mol. The summed E-state index contributed by atoms with van der Waals surface area (Å²) in [5.74, 6) is 0.113. The van der Waals surface area contributed by atoms with Crippen LogP contribution in [0.15, 0.2) is 101 Å². The average Bonchev–Trinajstić information content (AvgIpc) is 2.76. The summed E-state index contributed by atoms with van der Waals surface area (Å²) < 4.78 is 0. The molecule has 31 heavy (non-hydrogen) atoms. The smallest absolute Gasteiger partial charge is 0.206 e. The summed E-state index contributed by atoms with van der Waals surface area (Å²) in [7, 11) is 0. The molecule has 0 aromatic heterocycles. The third kappa shape index (κ3) is 4.91. The first-order valence-electron chi connectivity index (χ1n) is 9.44. The Hall–Kier alpha value is -4.52. The van der Waals surface area contributed by atoms with Gasteiger partial charge in [-0.3, -0.25) is 4.79 Å². The summed E-state index contributed by atoms with van der Waals surface area (Å²) in [4.78, 5) is 17.1. The lowest BCUT2D eigenvalue weighted by Gasteiger charge is -2.20. The number of hydrogen-bond acceptors (Lipinski definition) is 7. The first kappa shape index (κ1) is 19.8. The molecule has 0 heterocycles. The minimum Gasteiger partial charge on any atom is -0.508 e. The van der Waals surface area contributed by atoms with Gasteiger partial charge in [-0.1, -0.05) is 0 Å². The van der Waals surface area contributed by atoms with Crippen molar-refractivity contribution in [2.45, 2.75) is 0 Å². The van der Waals surface area contributed by atoms with Gasteiger partial charge in [0, 0.05) is 17.5 Å². The zero-order valence-corrected chi connectivity index (χ0v) is 16.3. The van der Waals surface area contributed by atoms with Crippen LogP contribution in [-0.2, 0) is 4.79 Å². The molecule has 0 aliphatic heterocycles. The van der Waals surface area contributed by atoms with Crippen LogP contribution < -0.4 is 10.6 Å². The van der Waals surface area contributed by atoms with Crippen molar-refractivity contribution in [3.05, 3.63) is 96.3 Å². The van der Waals surface area contributed by atoms with E-state index in [9.17, 15) is 20.1 Å². The maximum absolute atomic E-state index is 12.7. The topological polar surface area (TPSA) is 114 Å². The Morgan fingerprint density at radius 1 is 0.581 bits per heavy atom. The SMILES string of the molecule is O=C1C=C(Nc2ccc(O)cc2)C(Nc2ccc(O)cc2)=C/C1=N\c1ccc(O)cc1. The molecule has 5 N–H and O–H groups in total. The fourth-order valence-electron chi connectivity index (χ4n) is 2.93. The van der Waals surface area contributed by atoms with Crippen molar-refractivity contribution in [3.8, 4) is 17.2 Å². The second-order valence-corrected chi connectivity index (χ2v) is 6.84. The molecule has 0 fully saturated rings. The van der Waals surface area contributed by atoms with Gasteiger partial charge in [0.2, 0.25) is 5.78 Å². The van der Waals surface area contributed by atoms with Gasteiger partial charge < -0.3 is 26.0 Å². The number of carbonyl (C=O) groups excluding carboxylic acids is 1. The number of carbonyl (C=O) groups is 1. The number of ketones is 1. The number of nitrogens with zero attached hydrogens (tertiary/aromatic N) is 1. The van der Waals surface area contributed by atoms with Gasteiger partial charge in [-0.2, -0.15) is 0 Å². The number of aliphatic imine (C=N–C) groups is 1. The van der Waals surface area contributed by atoms with Gasteiger partial charge in [0.05, 0.1) is 17.1 Å². The van der Waals surface area contributed by atoms with Gasteiger partial charge in [-0.25, -0.2) is 4.99 Å². The Balaban J connectivity index is 1.68. The highest BCUT2D eigenvalue weighted by Crippen LogP contribution is 2.25. The van der Waals surface area contributed by atoms with E-state index in [1.54, 1.807) is 66.7 Å². The van der Waals surface area contributed by atoms with Crippen LogP contribution >= 0.6 is 0 Å². The van der Waals surface area contributed by atoms with E-state index in [4.69, 9.17) is 0 Å². The van der Waals surface area contributed by atoms with E-state index in [0.29, 0.717) is 28.5 Å². The molecule has 7 heteroatoms. The minimum atomic E-state index is -0.286. The molecular formula is C24H19N3O4. The lowest BCUT2D eigenvalue weighted by Crippen LogP contribution is -2.22. The molecule has 1 aliphatic carbocycles. The van der Waals surface area contributed by atoms with E-state index in [2.05, 4.69) is 15.6 Å². The Morgan fingerprint density at radius 3 is 1.48 bits per heavy atom. The maximum Gasteiger partial charge on any atom is 0.206 e. The van der Waals surface area contributed by atoms with Crippen LogP contribution in [0.4, 0.5) is 17.1 Å². The molecule has 0 saturated carbocycles. The third-order valence-corrected chi connectivity index (χ3v) is 4.49. The van der Waals surface area contributed by atoms with Gasteiger partial charge in [-0.05, 0) is 78.9 Å². The largest absolute Gasteiger partial charge is 0.508 e. The molecule has 0 bridgehead atoms. The highest BCUT2D eigenvalue weighted by Gasteiger charge is 2.20. The molecule has 0 spiro atoms. The number of anilines is 2. The normalized spacial score (nSPS) is 14.7. The van der Waals surface area contributed by atoms with E-state index in [1.807, 2.05) is 0 Å². The first-order chi connectivity index (χ1) is 15.0. The van der Waals surface area contributed by atoms with Crippen LogP contribution in [0.3, 0.4) is 0 Å².